The predicted octanol–water partition coefficient (Wildman–Crippen LogP) is 13.0. The number of pyridine rings is 2. The zero-order valence-electron chi connectivity index (χ0n) is 27.7. The molecule has 0 amide bonds. The van der Waals surface area contributed by atoms with Gasteiger partial charge in [0.15, 0.2) is 5.58 Å². The highest BCUT2D eigenvalue weighted by Crippen LogP contribution is 2.42. The van der Waals surface area contributed by atoms with Crippen LogP contribution in [0.25, 0.3) is 88.3 Å². The van der Waals surface area contributed by atoms with E-state index in [2.05, 4.69) is 113 Å². The normalized spacial score (nSPS) is 11.8. The molecule has 6 heteroatoms. The first-order chi connectivity index (χ1) is 25.8. The number of fused-ring (bicyclic) bond motifs is 9. The van der Waals surface area contributed by atoms with E-state index >= 15 is 0 Å². The molecule has 0 aliphatic rings. The average Bonchev–Trinajstić information content (AvgIpc) is 3.90. The standard InChI is InChI=1S/C46H27N3O3/c1-3-12-40-34(7-1)36-23-22-32(27-42(36)50-40)49(30-18-14-28(15-19-30)33-9-5-10-37-39-11-6-25-48-46(39)52-44(33)37)31-20-16-29(17-21-31)43-45-38(24-26-47-43)35-8-2-4-13-41(35)51-45/h1-27H. The van der Waals surface area contributed by atoms with Gasteiger partial charge in [-0.2, -0.15) is 0 Å². The van der Waals surface area contributed by atoms with Gasteiger partial charge in [0, 0.05) is 79.0 Å². The second-order valence-corrected chi connectivity index (χ2v) is 13.0. The van der Waals surface area contributed by atoms with Crippen molar-refractivity contribution in [1.29, 1.82) is 0 Å². The Morgan fingerprint density at radius 1 is 0.385 bits per heavy atom. The third-order valence-electron chi connectivity index (χ3n) is 10.0. The molecule has 5 aromatic heterocycles. The second-order valence-electron chi connectivity index (χ2n) is 13.0. The Morgan fingerprint density at radius 2 is 1.02 bits per heavy atom. The molecule has 0 unspecified atom stereocenters. The predicted molar refractivity (Wildman–Crippen MR) is 209 cm³/mol. The molecule has 0 saturated heterocycles. The maximum absolute atomic E-state index is 6.34. The van der Waals surface area contributed by atoms with E-state index < -0.39 is 0 Å². The monoisotopic (exact) mass is 669 g/mol. The molecule has 52 heavy (non-hydrogen) atoms. The Bertz CT molecular complexity index is 2980. The van der Waals surface area contributed by atoms with Gasteiger partial charge in [0.1, 0.15) is 28.0 Å². The molecular formula is C46H27N3O3. The van der Waals surface area contributed by atoms with Crippen molar-refractivity contribution >= 4 is 83.0 Å². The fourth-order valence-electron chi connectivity index (χ4n) is 7.58. The van der Waals surface area contributed by atoms with Crippen LogP contribution in [0.2, 0.25) is 0 Å². The number of furan rings is 3. The molecule has 5 heterocycles. The summed E-state index contributed by atoms with van der Waals surface area (Å²) in [4.78, 5) is 11.5. The lowest BCUT2D eigenvalue weighted by Crippen LogP contribution is -2.09. The number of rotatable bonds is 5. The van der Waals surface area contributed by atoms with Crippen LogP contribution in [0.4, 0.5) is 17.1 Å². The van der Waals surface area contributed by atoms with Crippen LogP contribution in [0.15, 0.2) is 177 Å². The minimum atomic E-state index is 0.643. The van der Waals surface area contributed by atoms with Gasteiger partial charge in [-0.25, -0.2) is 4.98 Å². The summed E-state index contributed by atoms with van der Waals surface area (Å²) >= 11 is 0. The van der Waals surface area contributed by atoms with Crippen LogP contribution in [0.5, 0.6) is 0 Å². The molecule has 244 valence electrons. The summed E-state index contributed by atoms with van der Waals surface area (Å²) in [6.45, 7) is 0. The fraction of sp³-hybridized carbons (Fsp3) is 0. The van der Waals surface area contributed by atoms with Crippen molar-refractivity contribution in [1.82, 2.24) is 9.97 Å². The molecule has 0 aliphatic heterocycles. The number of nitrogens with zero attached hydrogens (tertiary/aromatic N) is 3. The number of benzene rings is 6. The number of anilines is 3. The zero-order chi connectivity index (χ0) is 34.2. The molecule has 0 radical (unpaired) electrons. The van der Waals surface area contributed by atoms with Crippen molar-refractivity contribution < 1.29 is 13.3 Å². The smallest absolute Gasteiger partial charge is 0.227 e. The van der Waals surface area contributed by atoms with Crippen molar-refractivity contribution in [3.05, 3.63) is 164 Å². The quantitative estimate of drug-likeness (QED) is 0.182. The van der Waals surface area contributed by atoms with Gasteiger partial charge < -0.3 is 18.2 Å². The van der Waals surface area contributed by atoms with E-state index in [0.717, 1.165) is 99.7 Å². The van der Waals surface area contributed by atoms with Crippen LogP contribution in [0.3, 0.4) is 0 Å². The fourth-order valence-corrected chi connectivity index (χ4v) is 7.58. The van der Waals surface area contributed by atoms with E-state index in [1.165, 1.54) is 0 Å². The lowest BCUT2D eigenvalue weighted by molar-refractivity contribution is 0.655. The first kappa shape index (κ1) is 28.6. The number of hydrogen-bond acceptors (Lipinski definition) is 6. The van der Waals surface area contributed by atoms with Gasteiger partial charge in [-0.3, -0.25) is 4.98 Å². The van der Waals surface area contributed by atoms with Crippen molar-refractivity contribution in [3.63, 3.8) is 0 Å². The summed E-state index contributed by atoms with van der Waals surface area (Å²) in [6.07, 6.45) is 3.62. The van der Waals surface area contributed by atoms with Crippen LogP contribution < -0.4 is 4.90 Å². The molecule has 6 nitrogen and oxygen atoms in total. The molecule has 0 saturated carbocycles. The van der Waals surface area contributed by atoms with Crippen LogP contribution in [0, 0.1) is 0 Å². The highest BCUT2D eigenvalue weighted by molar-refractivity contribution is 6.10. The van der Waals surface area contributed by atoms with Crippen molar-refractivity contribution in [2.75, 3.05) is 4.90 Å². The van der Waals surface area contributed by atoms with Crippen LogP contribution in [-0.4, -0.2) is 9.97 Å². The number of hydrogen-bond donors (Lipinski definition) is 0. The van der Waals surface area contributed by atoms with Gasteiger partial charge >= 0.3 is 0 Å². The summed E-state index contributed by atoms with van der Waals surface area (Å²) < 4.78 is 18.9. The summed E-state index contributed by atoms with van der Waals surface area (Å²) in [7, 11) is 0. The van der Waals surface area contributed by atoms with Crippen molar-refractivity contribution in [3.8, 4) is 22.4 Å². The molecule has 0 atom stereocenters. The highest BCUT2D eigenvalue weighted by atomic mass is 16.3. The molecule has 11 aromatic rings. The van der Waals surface area contributed by atoms with E-state index in [-0.39, 0.29) is 0 Å². The molecule has 0 aliphatic carbocycles. The minimum absolute atomic E-state index is 0.643. The summed E-state index contributed by atoms with van der Waals surface area (Å²) in [5.74, 6) is 0. The maximum Gasteiger partial charge on any atom is 0.227 e. The Hall–Kier alpha value is -7.18. The Labute approximate surface area is 296 Å². The molecule has 0 fully saturated rings. The Balaban J connectivity index is 1.03. The Kier molecular flexibility index (Phi) is 6.15. The van der Waals surface area contributed by atoms with Crippen molar-refractivity contribution in [2.45, 2.75) is 0 Å². The molecular weight excluding hydrogens is 643 g/mol. The van der Waals surface area contributed by atoms with Crippen LogP contribution in [-0.2, 0) is 0 Å². The number of aromatic nitrogens is 2. The van der Waals surface area contributed by atoms with E-state index in [4.69, 9.17) is 18.2 Å². The first-order valence-electron chi connectivity index (χ1n) is 17.2. The average molecular weight is 670 g/mol. The third-order valence-corrected chi connectivity index (χ3v) is 10.0. The van der Waals surface area contributed by atoms with E-state index in [1.54, 1.807) is 6.20 Å². The minimum Gasteiger partial charge on any atom is -0.456 e. The lowest BCUT2D eigenvalue weighted by Gasteiger charge is -2.26. The zero-order valence-corrected chi connectivity index (χ0v) is 27.7. The first-order valence-corrected chi connectivity index (χ1v) is 17.2. The van der Waals surface area contributed by atoms with Crippen LogP contribution >= 0.6 is 0 Å². The lowest BCUT2D eigenvalue weighted by atomic mass is 10.0. The summed E-state index contributed by atoms with van der Waals surface area (Å²) in [5, 5.41) is 6.40. The van der Waals surface area contributed by atoms with Gasteiger partial charge in [-0.05, 0) is 72.3 Å². The largest absolute Gasteiger partial charge is 0.456 e. The summed E-state index contributed by atoms with van der Waals surface area (Å²) in [6, 6.07) is 52.1. The summed E-state index contributed by atoms with van der Waals surface area (Å²) in [5.41, 5.74) is 11.7. The molecule has 0 spiro atoms. The third kappa shape index (κ3) is 4.38. The van der Waals surface area contributed by atoms with E-state index in [9.17, 15) is 0 Å². The molecule has 6 aromatic carbocycles. The Morgan fingerprint density at radius 3 is 1.83 bits per heavy atom. The van der Waals surface area contributed by atoms with Gasteiger partial charge in [-0.1, -0.05) is 78.9 Å². The number of para-hydroxylation sites is 3. The van der Waals surface area contributed by atoms with Crippen LogP contribution in [0.1, 0.15) is 0 Å². The van der Waals surface area contributed by atoms with Crippen molar-refractivity contribution in [2.24, 2.45) is 0 Å². The molecule has 0 bridgehead atoms. The maximum atomic E-state index is 6.34. The molecule has 0 N–H and O–H groups in total. The van der Waals surface area contributed by atoms with Gasteiger partial charge in [0.05, 0.1) is 0 Å². The highest BCUT2D eigenvalue weighted by Gasteiger charge is 2.19. The van der Waals surface area contributed by atoms with Gasteiger partial charge in [0.2, 0.25) is 5.71 Å². The topological polar surface area (TPSA) is 68.4 Å². The van der Waals surface area contributed by atoms with Gasteiger partial charge in [-0.15, -0.1) is 0 Å². The van der Waals surface area contributed by atoms with E-state index in [0.29, 0.717) is 5.71 Å². The second kappa shape index (κ2) is 11.2. The molecule has 11 rings (SSSR count). The van der Waals surface area contributed by atoms with Gasteiger partial charge in [0.25, 0.3) is 0 Å². The SMILES string of the molecule is c1ccc2c(c1)oc1cc(N(c3ccc(-c4nccc5c4oc4ccccc45)cc3)c3ccc(-c4cccc5c4oc4ncccc45)cc3)ccc12. The van der Waals surface area contributed by atoms with E-state index in [1.807, 2.05) is 54.7 Å².